The molecule has 2 aliphatic heterocycles. The summed E-state index contributed by atoms with van der Waals surface area (Å²) in [4.78, 5) is 22.1. The maximum Gasteiger partial charge on any atom is 0.337 e. The number of hydrogen-bond acceptors (Lipinski definition) is 8. The van der Waals surface area contributed by atoms with Gasteiger partial charge in [0.1, 0.15) is 0 Å². The number of carbonyl (C=O) groups is 2. The van der Waals surface area contributed by atoms with Crippen molar-refractivity contribution < 1.29 is 28.5 Å². The molecule has 0 aromatic heterocycles. The van der Waals surface area contributed by atoms with E-state index in [-0.39, 0.29) is 0 Å². The van der Waals surface area contributed by atoms with E-state index >= 15 is 0 Å². The summed E-state index contributed by atoms with van der Waals surface area (Å²) in [7, 11) is 2.60. The van der Waals surface area contributed by atoms with Crippen molar-refractivity contribution in [2.75, 3.05) is 47.1 Å². The lowest BCUT2D eigenvalue weighted by molar-refractivity contribution is 0.0586. The molecule has 2 heterocycles. The number of rotatable bonds is 3. The number of methoxy groups -OCH3 is 2. The van der Waals surface area contributed by atoms with Crippen molar-refractivity contribution in [2.24, 2.45) is 11.5 Å². The van der Waals surface area contributed by atoms with Crippen molar-refractivity contribution in [1.82, 2.24) is 0 Å². The molecule has 0 amide bonds. The molecule has 1 aromatic rings. The summed E-state index contributed by atoms with van der Waals surface area (Å²) in [6.45, 7) is 6.24. The van der Waals surface area contributed by atoms with Crippen molar-refractivity contribution >= 4 is 11.9 Å². The number of benzene rings is 1. The largest absolute Gasteiger partial charge is 0.465 e. The minimum absolute atomic E-state index is 0.403. The van der Waals surface area contributed by atoms with Crippen LogP contribution in [0.2, 0.25) is 0 Å². The molecular formula is C17H28N2O6. The highest BCUT2D eigenvalue weighted by Crippen LogP contribution is 2.06. The van der Waals surface area contributed by atoms with Gasteiger partial charge in [0, 0.05) is 13.1 Å². The molecule has 0 bridgehead atoms. The summed E-state index contributed by atoms with van der Waals surface area (Å²) in [6, 6.07) is 6.05. The molecule has 2 fully saturated rings. The second-order valence-corrected chi connectivity index (χ2v) is 4.89. The second-order valence-electron chi connectivity index (χ2n) is 4.89. The summed E-state index contributed by atoms with van der Waals surface area (Å²) in [5.74, 6) is -0.858. The van der Waals surface area contributed by atoms with Crippen molar-refractivity contribution in [3.63, 3.8) is 0 Å². The fourth-order valence-electron chi connectivity index (χ4n) is 1.07. The Balaban J connectivity index is 0.000000418. The third kappa shape index (κ3) is 14.1. The van der Waals surface area contributed by atoms with Crippen molar-refractivity contribution in [3.8, 4) is 0 Å². The first kappa shape index (κ1) is 23.0. The Kier molecular flexibility index (Phi) is 13.2. The molecule has 8 heteroatoms. The smallest absolute Gasteiger partial charge is 0.337 e. The predicted octanol–water partition coefficient (Wildman–Crippen LogP) is 0.585. The van der Waals surface area contributed by atoms with Crippen LogP contribution >= 0.6 is 0 Å². The van der Waals surface area contributed by atoms with Crippen molar-refractivity contribution in [1.29, 1.82) is 0 Å². The molecular weight excluding hydrogens is 328 g/mol. The number of ether oxygens (including phenoxy) is 4. The van der Waals surface area contributed by atoms with Crippen LogP contribution in [0.4, 0.5) is 0 Å². The quantitative estimate of drug-likeness (QED) is 0.594. The van der Waals surface area contributed by atoms with E-state index in [1.165, 1.54) is 38.5 Å². The molecule has 8 nitrogen and oxygen atoms in total. The van der Waals surface area contributed by atoms with Gasteiger partial charge in [-0.1, -0.05) is 0 Å². The van der Waals surface area contributed by atoms with Crippen molar-refractivity contribution in [2.45, 2.75) is 13.0 Å². The normalized spacial score (nSPS) is 15.6. The van der Waals surface area contributed by atoms with Crippen LogP contribution in [-0.2, 0) is 18.9 Å². The molecule has 25 heavy (non-hydrogen) atoms. The average Bonchev–Trinajstić information content (AvgIpc) is 3.56. The number of epoxide rings is 2. The lowest BCUT2D eigenvalue weighted by Crippen LogP contribution is -2.11. The van der Waals surface area contributed by atoms with Crippen LogP contribution in [0.1, 0.15) is 27.6 Å². The van der Waals surface area contributed by atoms with E-state index in [9.17, 15) is 9.59 Å². The zero-order chi connectivity index (χ0) is 19.1. The Hall–Kier alpha value is -2.00. The number of esters is 2. The highest BCUT2D eigenvalue weighted by atomic mass is 16.6. The number of carbonyl (C=O) groups excluding carboxylic acids is 2. The molecule has 142 valence electrons. The van der Waals surface area contributed by atoms with E-state index < -0.39 is 11.9 Å². The Morgan fingerprint density at radius 2 is 1.28 bits per heavy atom. The fraction of sp³-hybridized carbons (Fsp3) is 0.529. The number of nitrogens with two attached hydrogens (primary N) is 2. The molecule has 1 atom stereocenters. The van der Waals surface area contributed by atoms with Crippen LogP contribution in [0.3, 0.4) is 0 Å². The molecule has 0 radical (unpaired) electrons. The van der Waals surface area contributed by atoms with E-state index in [1.54, 1.807) is 0 Å². The molecule has 0 spiro atoms. The van der Waals surface area contributed by atoms with Gasteiger partial charge in [0.2, 0.25) is 0 Å². The first-order valence-corrected chi connectivity index (χ1v) is 7.86. The second kappa shape index (κ2) is 14.4. The SMILES string of the molecule is C1CO1.CC1CO1.COC(=O)c1ccc(C(=O)OC)cc1.NCCN. The molecule has 2 aliphatic rings. The first-order valence-electron chi connectivity index (χ1n) is 7.86. The van der Waals surface area contributed by atoms with Crippen molar-refractivity contribution in [3.05, 3.63) is 35.4 Å². The Morgan fingerprint density at radius 3 is 1.40 bits per heavy atom. The lowest BCUT2D eigenvalue weighted by Gasteiger charge is -2.00. The Morgan fingerprint density at radius 1 is 1.00 bits per heavy atom. The van der Waals surface area contributed by atoms with Crippen LogP contribution in [-0.4, -0.2) is 65.2 Å². The summed E-state index contributed by atoms with van der Waals surface area (Å²) >= 11 is 0. The standard InChI is InChI=1S/C10H10O4.C3H6O.C2H8N2.C2H4O/c1-13-9(11)7-3-5-8(6-4-7)10(12)14-2;1-3-2-4-3;3-1-2-4;1-2-3-1/h3-6H,1-2H3;3H,2H2,1H3;1-4H2;1-2H2. The van der Waals surface area contributed by atoms with Crippen LogP contribution in [0.25, 0.3) is 0 Å². The monoisotopic (exact) mass is 356 g/mol. The first-order chi connectivity index (χ1) is 12.0. The Bertz CT molecular complexity index is 447. The summed E-state index contributed by atoms with van der Waals surface area (Å²) in [6.07, 6.45) is 0.583. The molecule has 2 saturated heterocycles. The zero-order valence-electron chi connectivity index (χ0n) is 15.0. The zero-order valence-corrected chi connectivity index (χ0v) is 15.0. The maximum absolute atomic E-state index is 11.0. The van der Waals surface area contributed by atoms with Crippen LogP contribution < -0.4 is 11.5 Å². The van der Waals surface area contributed by atoms with E-state index in [0.29, 0.717) is 30.3 Å². The van der Waals surface area contributed by atoms with Crippen LogP contribution in [0.15, 0.2) is 24.3 Å². The van der Waals surface area contributed by atoms with Gasteiger partial charge in [-0.15, -0.1) is 0 Å². The van der Waals surface area contributed by atoms with Gasteiger partial charge in [0.25, 0.3) is 0 Å². The molecule has 0 saturated carbocycles. The summed E-state index contributed by atoms with van der Waals surface area (Å²) in [5, 5.41) is 0. The van der Waals surface area contributed by atoms with Gasteiger partial charge in [0.15, 0.2) is 0 Å². The topological polar surface area (TPSA) is 130 Å². The average molecular weight is 356 g/mol. The van der Waals surface area contributed by atoms with Gasteiger partial charge < -0.3 is 30.4 Å². The van der Waals surface area contributed by atoms with Gasteiger partial charge in [-0.2, -0.15) is 0 Å². The van der Waals surface area contributed by atoms with Gasteiger partial charge in [0.05, 0.1) is 51.3 Å². The molecule has 1 aromatic carbocycles. The third-order valence-electron chi connectivity index (χ3n) is 2.60. The molecule has 0 aliphatic carbocycles. The highest BCUT2D eigenvalue weighted by Gasteiger charge is 2.13. The summed E-state index contributed by atoms with van der Waals surface area (Å²) < 4.78 is 18.2. The van der Waals surface area contributed by atoms with Gasteiger partial charge in [-0.25, -0.2) is 9.59 Å². The van der Waals surface area contributed by atoms with E-state index in [1.807, 2.05) is 0 Å². The minimum atomic E-state index is -0.429. The minimum Gasteiger partial charge on any atom is -0.465 e. The summed E-state index contributed by atoms with van der Waals surface area (Å²) in [5.41, 5.74) is 10.6. The van der Waals surface area contributed by atoms with E-state index in [4.69, 9.17) is 16.2 Å². The fourth-order valence-corrected chi connectivity index (χ4v) is 1.07. The third-order valence-corrected chi connectivity index (χ3v) is 2.60. The number of hydrogen-bond donors (Lipinski definition) is 2. The molecule has 3 rings (SSSR count). The predicted molar refractivity (Wildman–Crippen MR) is 93.5 cm³/mol. The molecule has 4 N–H and O–H groups in total. The van der Waals surface area contributed by atoms with Gasteiger partial charge >= 0.3 is 11.9 Å². The van der Waals surface area contributed by atoms with Crippen LogP contribution in [0, 0.1) is 0 Å². The van der Waals surface area contributed by atoms with Crippen LogP contribution in [0.5, 0.6) is 0 Å². The maximum atomic E-state index is 11.0. The highest BCUT2D eigenvalue weighted by molar-refractivity contribution is 5.93. The Labute approximate surface area is 148 Å². The lowest BCUT2D eigenvalue weighted by atomic mass is 10.1. The molecule has 1 unspecified atom stereocenters. The van der Waals surface area contributed by atoms with E-state index in [2.05, 4.69) is 21.1 Å². The van der Waals surface area contributed by atoms with E-state index in [0.717, 1.165) is 19.8 Å². The van der Waals surface area contributed by atoms with Gasteiger partial charge in [-0.05, 0) is 31.2 Å². The van der Waals surface area contributed by atoms with Gasteiger partial charge in [-0.3, -0.25) is 0 Å².